The van der Waals surface area contributed by atoms with Crippen molar-refractivity contribution in [2.24, 2.45) is 5.16 Å². The van der Waals surface area contributed by atoms with Crippen molar-refractivity contribution in [3.8, 4) is 0 Å². The van der Waals surface area contributed by atoms with Crippen molar-refractivity contribution >= 4 is 15.7 Å². The molecule has 0 radical (unpaired) electrons. The number of aromatic nitrogens is 2. The van der Waals surface area contributed by atoms with Gasteiger partial charge in [-0.15, -0.1) is 0 Å². The summed E-state index contributed by atoms with van der Waals surface area (Å²) in [6.07, 6.45) is 4.65. The molecular weight excluding hydrogens is 464 g/mol. The number of nitrogens with one attached hydrogen (secondary N) is 1. The molecule has 1 fully saturated rings. The number of H-pyrrole nitrogens is 1. The van der Waals surface area contributed by atoms with Gasteiger partial charge in [-0.05, 0) is 54.0 Å². The van der Waals surface area contributed by atoms with Crippen molar-refractivity contribution in [3.63, 3.8) is 0 Å². The smallest absolute Gasteiger partial charge is 0.273 e. The van der Waals surface area contributed by atoms with Crippen LogP contribution >= 0.6 is 0 Å². The van der Waals surface area contributed by atoms with E-state index in [0.29, 0.717) is 31.1 Å². The molecule has 8 nitrogen and oxygen atoms in total. The molecule has 3 aromatic rings. The van der Waals surface area contributed by atoms with E-state index in [4.69, 9.17) is 0 Å². The average molecular weight is 495 g/mol. The van der Waals surface area contributed by atoms with Gasteiger partial charge in [0.1, 0.15) is 0 Å². The van der Waals surface area contributed by atoms with E-state index in [1.165, 1.54) is 18.0 Å². The number of hydrogen-bond donors (Lipinski definition) is 2. The lowest BCUT2D eigenvalue weighted by molar-refractivity contribution is 0.317. The number of nitrogens with zero attached hydrogens (tertiary/aromatic N) is 3. The molecule has 2 N–H and O–H groups in total. The number of rotatable bonds is 7. The molecule has 9 heteroatoms. The van der Waals surface area contributed by atoms with E-state index in [-0.39, 0.29) is 11.5 Å². The molecule has 0 saturated carbocycles. The minimum absolute atomic E-state index is 0.129. The molecule has 4 rings (SSSR count). The molecule has 35 heavy (non-hydrogen) atoms. The number of oxime groups is 1. The maximum Gasteiger partial charge on any atom is 0.273 e. The molecule has 1 aliphatic heterocycles. The number of hydrogen-bond acceptors (Lipinski definition) is 6. The summed E-state index contributed by atoms with van der Waals surface area (Å²) >= 11 is 0. The van der Waals surface area contributed by atoms with Crippen LogP contribution in [0.1, 0.15) is 58.9 Å². The minimum atomic E-state index is -3.15. The first-order chi connectivity index (χ1) is 16.8. The predicted molar refractivity (Wildman–Crippen MR) is 136 cm³/mol. The fourth-order valence-electron chi connectivity index (χ4n) is 4.88. The zero-order valence-electron chi connectivity index (χ0n) is 19.9. The largest absolute Gasteiger partial charge is 0.411 e. The van der Waals surface area contributed by atoms with E-state index in [9.17, 15) is 18.4 Å². The average Bonchev–Trinajstić information content (AvgIpc) is 2.86. The molecule has 0 amide bonds. The van der Waals surface area contributed by atoms with Crippen LogP contribution in [0, 0.1) is 6.92 Å². The third-order valence-electron chi connectivity index (χ3n) is 6.85. The normalized spacial score (nSPS) is 16.8. The number of sulfonamides is 1. The molecule has 1 aliphatic rings. The first-order valence-corrected chi connectivity index (χ1v) is 13.5. The van der Waals surface area contributed by atoms with Crippen molar-refractivity contribution in [1.82, 2.24) is 14.5 Å². The summed E-state index contributed by atoms with van der Waals surface area (Å²) in [6, 6.07) is 18.0. The first kappa shape index (κ1) is 24.8. The molecule has 0 bridgehead atoms. The van der Waals surface area contributed by atoms with Gasteiger partial charge in [-0.1, -0.05) is 53.7 Å². The van der Waals surface area contributed by atoms with Crippen LogP contribution in [-0.2, 0) is 10.0 Å². The van der Waals surface area contributed by atoms with Gasteiger partial charge in [0.25, 0.3) is 5.56 Å². The Hall–Kier alpha value is -3.30. The molecule has 184 valence electrons. The summed E-state index contributed by atoms with van der Waals surface area (Å²) in [6.45, 7) is 3.11. The van der Waals surface area contributed by atoms with Gasteiger partial charge in [0.05, 0.1) is 17.5 Å². The number of piperidine rings is 1. The lowest BCUT2D eigenvalue weighted by atomic mass is 9.82. The van der Waals surface area contributed by atoms with E-state index in [0.717, 1.165) is 29.5 Å². The Balaban J connectivity index is 1.62. The zero-order valence-corrected chi connectivity index (χ0v) is 20.7. The predicted octanol–water partition coefficient (Wildman–Crippen LogP) is 3.62. The number of aromatic amines is 1. The van der Waals surface area contributed by atoms with Crippen LogP contribution in [0.2, 0.25) is 0 Å². The van der Waals surface area contributed by atoms with E-state index in [1.807, 2.05) is 25.1 Å². The summed E-state index contributed by atoms with van der Waals surface area (Å²) in [5, 5.41) is 19.4. The third-order valence-corrected chi connectivity index (χ3v) is 8.16. The van der Waals surface area contributed by atoms with Crippen LogP contribution in [0.3, 0.4) is 0 Å². The second-order valence-electron chi connectivity index (χ2n) is 9.06. The first-order valence-electron chi connectivity index (χ1n) is 11.6. The van der Waals surface area contributed by atoms with Crippen LogP contribution in [0.4, 0.5) is 0 Å². The summed E-state index contributed by atoms with van der Waals surface area (Å²) < 4.78 is 25.2. The summed E-state index contributed by atoms with van der Waals surface area (Å²) in [7, 11) is -3.15. The quantitative estimate of drug-likeness (QED) is 0.296. The van der Waals surface area contributed by atoms with Crippen molar-refractivity contribution in [2.75, 3.05) is 19.3 Å². The van der Waals surface area contributed by atoms with Crippen molar-refractivity contribution in [2.45, 2.75) is 38.0 Å². The standard InChI is InChI=1S/C26H30N4O4S/c1-18-5-3-4-6-22(18)24(17-25(29-32)23-11-14-27-28-26(23)31)21-9-7-19(8-10-21)20-12-15-30(16-13-20)35(2,33)34/h3-11,14,20,24,32H,12-13,15-17H2,1-2H3,(H,28,31). The van der Waals surface area contributed by atoms with Crippen molar-refractivity contribution in [1.29, 1.82) is 0 Å². The van der Waals surface area contributed by atoms with E-state index < -0.39 is 15.6 Å². The van der Waals surface area contributed by atoms with Crippen LogP contribution in [0.25, 0.3) is 0 Å². The number of aryl methyl sites for hydroxylation is 1. The molecule has 1 atom stereocenters. The Morgan fingerprint density at radius 2 is 1.83 bits per heavy atom. The van der Waals surface area contributed by atoms with Gasteiger partial charge in [0, 0.05) is 31.6 Å². The van der Waals surface area contributed by atoms with Crippen molar-refractivity contribution < 1.29 is 13.6 Å². The van der Waals surface area contributed by atoms with Gasteiger partial charge >= 0.3 is 0 Å². The summed E-state index contributed by atoms with van der Waals surface area (Å²) in [5.41, 5.74) is 4.60. The third kappa shape index (κ3) is 5.68. The highest BCUT2D eigenvalue weighted by molar-refractivity contribution is 7.88. The Labute approximate surface area is 205 Å². The molecule has 1 aromatic heterocycles. The van der Waals surface area contributed by atoms with Gasteiger partial charge in [-0.25, -0.2) is 17.8 Å². The lowest BCUT2D eigenvalue weighted by Gasteiger charge is -2.30. The minimum Gasteiger partial charge on any atom is -0.411 e. The van der Waals surface area contributed by atoms with Gasteiger partial charge in [0.2, 0.25) is 10.0 Å². The Kier molecular flexibility index (Phi) is 7.47. The maximum atomic E-state index is 12.3. The van der Waals surface area contributed by atoms with Gasteiger partial charge in [-0.2, -0.15) is 5.10 Å². The Morgan fingerprint density at radius 3 is 2.43 bits per heavy atom. The molecule has 0 aliphatic carbocycles. The van der Waals surface area contributed by atoms with Gasteiger partial charge in [0.15, 0.2) is 0 Å². The lowest BCUT2D eigenvalue weighted by Crippen LogP contribution is -2.37. The maximum absolute atomic E-state index is 12.3. The highest BCUT2D eigenvalue weighted by Crippen LogP contribution is 2.34. The SMILES string of the molecule is Cc1ccccc1C(CC(=NO)c1ccn[nH]c1=O)c1ccc(C2CCN(S(C)(=O)=O)CC2)cc1. The summed E-state index contributed by atoms with van der Waals surface area (Å²) in [4.78, 5) is 12.3. The fourth-order valence-corrected chi connectivity index (χ4v) is 5.75. The van der Waals surface area contributed by atoms with Crippen LogP contribution in [-0.4, -0.2) is 53.2 Å². The topological polar surface area (TPSA) is 116 Å². The van der Waals surface area contributed by atoms with Gasteiger partial charge < -0.3 is 5.21 Å². The number of benzene rings is 2. The fraction of sp³-hybridized carbons (Fsp3) is 0.346. The Bertz CT molecular complexity index is 1360. The monoisotopic (exact) mass is 494 g/mol. The van der Waals surface area contributed by atoms with Crippen LogP contribution in [0.15, 0.2) is 70.7 Å². The second-order valence-corrected chi connectivity index (χ2v) is 11.0. The molecular formula is C26H30N4O4S. The molecule has 2 aromatic carbocycles. The molecule has 0 spiro atoms. The van der Waals surface area contributed by atoms with Crippen molar-refractivity contribution in [3.05, 3.63) is 99.0 Å². The second kappa shape index (κ2) is 10.5. The van der Waals surface area contributed by atoms with Crippen LogP contribution in [0.5, 0.6) is 0 Å². The van der Waals surface area contributed by atoms with Crippen LogP contribution < -0.4 is 5.56 Å². The molecule has 2 heterocycles. The highest BCUT2D eigenvalue weighted by Gasteiger charge is 2.26. The summed E-state index contributed by atoms with van der Waals surface area (Å²) in [5.74, 6) is 0.180. The van der Waals surface area contributed by atoms with Gasteiger partial charge in [-0.3, -0.25) is 4.79 Å². The molecule has 1 unspecified atom stereocenters. The Morgan fingerprint density at radius 1 is 1.14 bits per heavy atom. The van der Waals surface area contributed by atoms with E-state index >= 15 is 0 Å². The molecule has 1 saturated heterocycles. The van der Waals surface area contributed by atoms with E-state index in [1.54, 1.807) is 10.4 Å². The highest BCUT2D eigenvalue weighted by atomic mass is 32.2. The zero-order chi connectivity index (χ0) is 25.0. The van der Waals surface area contributed by atoms with E-state index in [2.05, 4.69) is 45.7 Å².